The molecule has 0 saturated heterocycles. The van der Waals surface area contributed by atoms with Crippen molar-refractivity contribution in [1.29, 1.82) is 0 Å². The molecule has 126 valence electrons. The minimum atomic E-state index is -0.948. The van der Waals surface area contributed by atoms with Gasteiger partial charge in [0.15, 0.2) is 5.78 Å². The van der Waals surface area contributed by atoms with E-state index in [9.17, 15) is 14.7 Å². The van der Waals surface area contributed by atoms with Gasteiger partial charge in [0, 0.05) is 11.1 Å². The smallest absolute Gasteiger partial charge is 0.252 e. The van der Waals surface area contributed by atoms with Crippen LogP contribution in [0.4, 0.5) is 0 Å². The number of furan rings is 1. The van der Waals surface area contributed by atoms with Crippen molar-refractivity contribution < 1.29 is 19.1 Å². The molecule has 1 aromatic heterocycles. The van der Waals surface area contributed by atoms with Crippen molar-refractivity contribution in [2.45, 2.75) is 6.10 Å². The zero-order valence-electron chi connectivity index (χ0n) is 13.4. The van der Waals surface area contributed by atoms with Crippen LogP contribution < -0.4 is 5.32 Å². The molecule has 1 unspecified atom stereocenters. The highest BCUT2D eigenvalue weighted by Crippen LogP contribution is 2.16. The molecule has 5 nitrogen and oxygen atoms in total. The Morgan fingerprint density at radius 3 is 2.28 bits per heavy atom. The number of carbonyl (C=O) groups excluding carboxylic acids is 2. The fourth-order valence-electron chi connectivity index (χ4n) is 2.49. The van der Waals surface area contributed by atoms with Crippen molar-refractivity contribution in [3.63, 3.8) is 0 Å². The summed E-state index contributed by atoms with van der Waals surface area (Å²) in [6.07, 6.45) is 0.504. The third kappa shape index (κ3) is 3.84. The lowest BCUT2D eigenvalue weighted by molar-refractivity contribution is 0.0894. The predicted octanol–water partition coefficient (Wildman–Crippen LogP) is 2.97. The fraction of sp³-hybridized carbons (Fsp3) is 0.100. The van der Waals surface area contributed by atoms with Crippen molar-refractivity contribution in [2.24, 2.45) is 0 Å². The Kier molecular flexibility index (Phi) is 5.06. The summed E-state index contributed by atoms with van der Waals surface area (Å²) >= 11 is 0. The first-order valence-corrected chi connectivity index (χ1v) is 7.85. The second-order valence-electron chi connectivity index (χ2n) is 5.48. The molecule has 2 aromatic carbocycles. The summed E-state index contributed by atoms with van der Waals surface area (Å²) in [4.78, 5) is 25.1. The zero-order chi connectivity index (χ0) is 17.6. The van der Waals surface area contributed by atoms with Gasteiger partial charge in [0.05, 0.1) is 18.4 Å². The summed E-state index contributed by atoms with van der Waals surface area (Å²) in [5, 5.41) is 12.6. The Balaban J connectivity index is 1.76. The molecule has 0 aliphatic rings. The second-order valence-corrected chi connectivity index (χ2v) is 5.48. The topological polar surface area (TPSA) is 79.5 Å². The Hall–Kier alpha value is -3.18. The van der Waals surface area contributed by atoms with Gasteiger partial charge in [-0.2, -0.15) is 0 Å². The van der Waals surface area contributed by atoms with Gasteiger partial charge in [-0.3, -0.25) is 9.59 Å². The summed E-state index contributed by atoms with van der Waals surface area (Å²) in [7, 11) is 0. The van der Waals surface area contributed by atoms with Crippen LogP contribution in [0.2, 0.25) is 0 Å². The molecule has 0 saturated carbocycles. The van der Waals surface area contributed by atoms with Crippen LogP contribution in [0.15, 0.2) is 77.4 Å². The Labute approximate surface area is 144 Å². The van der Waals surface area contributed by atoms with Gasteiger partial charge in [0.25, 0.3) is 5.91 Å². The van der Waals surface area contributed by atoms with Crippen LogP contribution in [0.3, 0.4) is 0 Å². The highest BCUT2D eigenvalue weighted by molar-refractivity contribution is 6.15. The van der Waals surface area contributed by atoms with Crippen LogP contribution in [0.5, 0.6) is 0 Å². The monoisotopic (exact) mass is 335 g/mol. The molecular formula is C20H17NO4. The summed E-state index contributed by atoms with van der Waals surface area (Å²) in [5.41, 5.74) is 1.10. The molecule has 0 spiro atoms. The molecule has 1 atom stereocenters. The van der Waals surface area contributed by atoms with Crippen molar-refractivity contribution in [1.82, 2.24) is 5.32 Å². The summed E-state index contributed by atoms with van der Waals surface area (Å²) < 4.78 is 5.10. The summed E-state index contributed by atoms with van der Waals surface area (Å²) in [6, 6.07) is 18.7. The van der Waals surface area contributed by atoms with Crippen LogP contribution >= 0.6 is 0 Å². The van der Waals surface area contributed by atoms with Gasteiger partial charge >= 0.3 is 0 Å². The molecular weight excluding hydrogens is 318 g/mol. The van der Waals surface area contributed by atoms with Crippen molar-refractivity contribution in [2.75, 3.05) is 6.54 Å². The maximum Gasteiger partial charge on any atom is 0.252 e. The zero-order valence-corrected chi connectivity index (χ0v) is 13.4. The minimum Gasteiger partial charge on any atom is -0.467 e. The normalized spacial score (nSPS) is 11.7. The molecule has 5 heteroatoms. The van der Waals surface area contributed by atoms with Gasteiger partial charge < -0.3 is 14.8 Å². The van der Waals surface area contributed by atoms with E-state index in [1.54, 1.807) is 60.7 Å². The van der Waals surface area contributed by atoms with Crippen LogP contribution in [-0.2, 0) is 0 Å². The van der Waals surface area contributed by atoms with E-state index in [0.29, 0.717) is 16.9 Å². The fourth-order valence-corrected chi connectivity index (χ4v) is 2.49. The molecule has 3 rings (SSSR count). The van der Waals surface area contributed by atoms with Gasteiger partial charge in [-0.15, -0.1) is 0 Å². The Morgan fingerprint density at radius 2 is 1.60 bits per heavy atom. The van der Waals surface area contributed by atoms with Crippen LogP contribution in [-0.4, -0.2) is 23.3 Å². The van der Waals surface area contributed by atoms with Crippen LogP contribution in [0.25, 0.3) is 0 Å². The van der Waals surface area contributed by atoms with Crippen molar-refractivity contribution in [3.8, 4) is 0 Å². The van der Waals surface area contributed by atoms with E-state index in [4.69, 9.17) is 4.42 Å². The summed E-state index contributed by atoms with van der Waals surface area (Å²) in [6.45, 7) is -0.0137. The van der Waals surface area contributed by atoms with E-state index >= 15 is 0 Å². The van der Waals surface area contributed by atoms with E-state index in [-0.39, 0.29) is 17.9 Å². The number of amides is 1. The molecule has 2 N–H and O–H groups in total. The standard InChI is InChI=1S/C20H17NO4/c22-17(18-11-6-12-25-18)13-21-20(24)16-10-5-4-9-15(16)19(23)14-7-2-1-3-8-14/h1-12,17,22H,13H2,(H,21,24). The molecule has 0 aliphatic carbocycles. The molecule has 25 heavy (non-hydrogen) atoms. The first kappa shape index (κ1) is 16.7. The minimum absolute atomic E-state index is 0.0137. The molecule has 0 bridgehead atoms. The molecule has 3 aromatic rings. The van der Waals surface area contributed by atoms with Crippen molar-refractivity contribution >= 4 is 11.7 Å². The second kappa shape index (κ2) is 7.59. The number of ketones is 1. The predicted molar refractivity (Wildman–Crippen MR) is 92.3 cm³/mol. The van der Waals surface area contributed by atoms with Gasteiger partial charge in [-0.1, -0.05) is 48.5 Å². The van der Waals surface area contributed by atoms with Crippen LogP contribution in [0, 0.1) is 0 Å². The largest absolute Gasteiger partial charge is 0.467 e. The highest BCUT2D eigenvalue weighted by Gasteiger charge is 2.19. The molecule has 0 radical (unpaired) electrons. The number of rotatable bonds is 6. The summed E-state index contributed by atoms with van der Waals surface area (Å²) in [5.74, 6) is -0.280. The number of carbonyl (C=O) groups is 2. The first-order chi connectivity index (χ1) is 12.2. The van der Waals surface area contributed by atoms with E-state index < -0.39 is 12.0 Å². The third-order valence-corrected chi connectivity index (χ3v) is 3.78. The van der Waals surface area contributed by atoms with Gasteiger partial charge in [0.2, 0.25) is 0 Å². The van der Waals surface area contributed by atoms with Gasteiger partial charge in [-0.25, -0.2) is 0 Å². The van der Waals surface area contributed by atoms with Crippen molar-refractivity contribution in [3.05, 3.63) is 95.4 Å². The highest BCUT2D eigenvalue weighted by atomic mass is 16.4. The molecule has 1 heterocycles. The number of hydrogen-bond acceptors (Lipinski definition) is 4. The number of nitrogens with one attached hydrogen (secondary N) is 1. The number of aliphatic hydroxyl groups is 1. The Morgan fingerprint density at radius 1 is 0.920 bits per heavy atom. The average Bonchev–Trinajstić information content (AvgIpc) is 3.21. The average molecular weight is 335 g/mol. The first-order valence-electron chi connectivity index (χ1n) is 7.85. The van der Waals surface area contributed by atoms with E-state index in [2.05, 4.69) is 5.32 Å². The van der Waals surface area contributed by atoms with E-state index in [1.807, 2.05) is 6.07 Å². The molecule has 0 aliphatic heterocycles. The number of hydrogen-bond donors (Lipinski definition) is 2. The lowest BCUT2D eigenvalue weighted by Crippen LogP contribution is -2.29. The third-order valence-electron chi connectivity index (χ3n) is 3.78. The quantitative estimate of drug-likeness (QED) is 0.679. The van der Waals surface area contributed by atoms with Gasteiger partial charge in [0.1, 0.15) is 11.9 Å². The lowest BCUT2D eigenvalue weighted by atomic mass is 9.98. The SMILES string of the molecule is O=C(NCC(O)c1ccco1)c1ccccc1C(=O)c1ccccc1. The lowest BCUT2D eigenvalue weighted by Gasteiger charge is -2.12. The number of aliphatic hydroxyl groups excluding tert-OH is 1. The molecule has 1 amide bonds. The maximum absolute atomic E-state index is 12.7. The van der Waals surface area contributed by atoms with E-state index in [1.165, 1.54) is 6.26 Å². The van der Waals surface area contributed by atoms with E-state index in [0.717, 1.165) is 0 Å². The Bertz CT molecular complexity index is 856. The van der Waals surface area contributed by atoms with Gasteiger partial charge in [-0.05, 0) is 18.2 Å². The molecule has 0 fully saturated rings. The number of benzene rings is 2. The maximum atomic E-state index is 12.7. The van der Waals surface area contributed by atoms with Crippen LogP contribution in [0.1, 0.15) is 38.1 Å².